The highest BCUT2D eigenvalue weighted by molar-refractivity contribution is 5.92. The molecular formula is C18H23N5O. The summed E-state index contributed by atoms with van der Waals surface area (Å²) >= 11 is 0. The fourth-order valence-electron chi connectivity index (χ4n) is 2.74. The van der Waals surface area contributed by atoms with Crippen LogP contribution in [0.15, 0.2) is 30.3 Å². The van der Waals surface area contributed by atoms with Gasteiger partial charge in [-0.05, 0) is 38.6 Å². The minimum absolute atomic E-state index is 0.0265. The molecule has 0 saturated carbocycles. The molecule has 0 atom stereocenters. The van der Waals surface area contributed by atoms with Gasteiger partial charge in [0.25, 0.3) is 5.91 Å². The Morgan fingerprint density at radius 2 is 1.79 bits per heavy atom. The summed E-state index contributed by atoms with van der Waals surface area (Å²) in [6.45, 7) is 7.16. The molecule has 1 aliphatic heterocycles. The average Bonchev–Trinajstić information content (AvgIpc) is 2.56. The van der Waals surface area contributed by atoms with Crippen molar-refractivity contribution in [3.63, 3.8) is 0 Å². The van der Waals surface area contributed by atoms with E-state index in [0.717, 1.165) is 43.1 Å². The Balaban J connectivity index is 1.81. The molecule has 1 aromatic carbocycles. The van der Waals surface area contributed by atoms with E-state index in [1.165, 1.54) is 0 Å². The lowest BCUT2D eigenvalue weighted by atomic mass is 10.2. The summed E-state index contributed by atoms with van der Waals surface area (Å²) in [5, 5.41) is 3.22. The van der Waals surface area contributed by atoms with Gasteiger partial charge in [0.05, 0.1) is 0 Å². The van der Waals surface area contributed by atoms with Gasteiger partial charge < -0.3 is 15.1 Å². The van der Waals surface area contributed by atoms with Gasteiger partial charge in [-0.2, -0.15) is 0 Å². The first kappa shape index (κ1) is 16.4. The lowest BCUT2D eigenvalue weighted by Gasteiger charge is -2.32. The van der Waals surface area contributed by atoms with E-state index in [1.807, 2.05) is 43.0 Å². The number of carbonyl (C=O) groups is 1. The third kappa shape index (κ3) is 3.71. The van der Waals surface area contributed by atoms with E-state index in [1.54, 1.807) is 6.07 Å². The zero-order valence-electron chi connectivity index (χ0n) is 14.4. The molecule has 24 heavy (non-hydrogen) atoms. The van der Waals surface area contributed by atoms with Crippen molar-refractivity contribution in [3.8, 4) is 0 Å². The molecule has 6 nitrogen and oxygen atoms in total. The predicted octanol–water partition coefficient (Wildman–Crippen LogP) is 2.22. The van der Waals surface area contributed by atoms with Crippen LogP contribution in [0, 0.1) is 13.8 Å². The highest BCUT2D eigenvalue weighted by Gasteiger charge is 2.22. The number of benzene rings is 1. The zero-order chi connectivity index (χ0) is 17.1. The molecule has 6 heteroatoms. The maximum Gasteiger partial charge on any atom is 0.272 e. The quantitative estimate of drug-likeness (QED) is 0.937. The van der Waals surface area contributed by atoms with E-state index in [2.05, 4.69) is 27.2 Å². The largest absolute Gasteiger partial charge is 0.335 e. The number of piperazine rings is 1. The number of aromatic nitrogens is 2. The lowest BCUT2D eigenvalue weighted by molar-refractivity contribution is 0.0658. The van der Waals surface area contributed by atoms with Crippen LogP contribution in [0.4, 0.5) is 11.6 Å². The molecule has 0 bridgehead atoms. The second-order valence-corrected chi connectivity index (χ2v) is 6.25. The van der Waals surface area contributed by atoms with Gasteiger partial charge in [-0.15, -0.1) is 0 Å². The van der Waals surface area contributed by atoms with Crippen molar-refractivity contribution in [2.75, 3.05) is 38.5 Å². The van der Waals surface area contributed by atoms with Crippen molar-refractivity contribution in [1.82, 2.24) is 19.8 Å². The summed E-state index contributed by atoms with van der Waals surface area (Å²) in [5.74, 6) is 0.434. The van der Waals surface area contributed by atoms with Gasteiger partial charge in [-0.25, -0.2) is 9.97 Å². The first-order valence-corrected chi connectivity index (χ1v) is 8.19. The van der Waals surface area contributed by atoms with Crippen LogP contribution >= 0.6 is 0 Å². The van der Waals surface area contributed by atoms with Crippen LogP contribution in [0.2, 0.25) is 0 Å². The molecular weight excluding hydrogens is 302 g/mol. The minimum Gasteiger partial charge on any atom is -0.335 e. The van der Waals surface area contributed by atoms with Crippen LogP contribution in [0.3, 0.4) is 0 Å². The number of anilines is 2. The predicted molar refractivity (Wildman–Crippen MR) is 94.6 cm³/mol. The number of carbonyl (C=O) groups excluding carboxylic acids is 1. The normalized spacial score (nSPS) is 15.4. The highest BCUT2D eigenvalue weighted by atomic mass is 16.2. The number of nitrogens with zero attached hydrogens (tertiary/aromatic N) is 4. The number of hydrogen-bond acceptors (Lipinski definition) is 5. The number of amides is 1. The molecule has 3 rings (SSSR count). The smallest absolute Gasteiger partial charge is 0.272 e. The van der Waals surface area contributed by atoms with E-state index in [4.69, 9.17) is 0 Å². The van der Waals surface area contributed by atoms with Crippen molar-refractivity contribution in [3.05, 3.63) is 47.3 Å². The molecule has 1 saturated heterocycles. The molecule has 1 fully saturated rings. The molecule has 0 aliphatic carbocycles. The van der Waals surface area contributed by atoms with Crippen molar-refractivity contribution < 1.29 is 4.79 Å². The molecule has 1 amide bonds. The Bertz CT molecular complexity index is 738. The van der Waals surface area contributed by atoms with Crippen molar-refractivity contribution in [2.24, 2.45) is 0 Å². The number of likely N-dealkylation sites (N-methyl/N-ethyl adjacent to an activating group) is 1. The molecule has 2 heterocycles. The Labute approximate surface area is 142 Å². The van der Waals surface area contributed by atoms with Crippen LogP contribution in [-0.4, -0.2) is 58.9 Å². The van der Waals surface area contributed by atoms with Gasteiger partial charge in [-0.1, -0.05) is 18.2 Å². The number of nitrogens with one attached hydrogen (secondary N) is 1. The molecule has 1 aromatic heterocycles. The van der Waals surface area contributed by atoms with Crippen LogP contribution in [-0.2, 0) is 0 Å². The fourth-order valence-corrected chi connectivity index (χ4v) is 2.74. The fraction of sp³-hybridized carbons (Fsp3) is 0.389. The topological polar surface area (TPSA) is 61.4 Å². The number of aryl methyl sites for hydroxylation is 2. The van der Waals surface area contributed by atoms with Crippen LogP contribution in [0.1, 0.15) is 21.7 Å². The van der Waals surface area contributed by atoms with Gasteiger partial charge in [-0.3, -0.25) is 4.79 Å². The maximum atomic E-state index is 12.7. The van der Waals surface area contributed by atoms with Gasteiger partial charge in [0, 0.05) is 37.6 Å². The summed E-state index contributed by atoms with van der Waals surface area (Å²) in [6.07, 6.45) is 0. The van der Waals surface area contributed by atoms with Crippen LogP contribution < -0.4 is 5.32 Å². The van der Waals surface area contributed by atoms with Gasteiger partial charge in [0.15, 0.2) is 0 Å². The summed E-state index contributed by atoms with van der Waals surface area (Å²) in [7, 11) is 2.07. The third-order valence-electron chi connectivity index (χ3n) is 4.26. The Morgan fingerprint density at radius 3 is 2.50 bits per heavy atom. The second-order valence-electron chi connectivity index (χ2n) is 6.25. The molecule has 126 valence electrons. The van der Waals surface area contributed by atoms with Gasteiger partial charge in [0.2, 0.25) is 5.95 Å². The maximum absolute atomic E-state index is 12.7. The molecule has 0 radical (unpaired) electrons. The summed E-state index contributed by atoms with van der Waals surface area (Å²) in [4.78, 5) is 25.6. The molecule has 2 aromatic rings. The minimum atomic E-state index is -0.0265. The van der Waals surface area contributed by atoms with Gasteiger partial charge in [0.1, 0.15) is 5.69 Å². The molecule has 0 unspecified atom stereocenters. The van der Waals surface area contributed by atoms with Crippen molar-refractivity contribution in [2.45, 2.75) is 13.8 Å². The molecule has 1 aliphatic rings. The Hall–Kier alpha value is -2.47. The lowest BCUT2D eigenvalue weighted by Crippen LogP contribution is -2.47. The third-order valence-corrected chi connectivity index (χ3v) is 4.26. The molecule has 0 spiro atoms. The van der Waals surface area contributed by atoms with E-state index in [-0.39, 0.29) is 5.91 Å². The summed E-state index contributed by atoms with van der Waals surface area (Å²) < 4.78 is 0. The Kier molecular flexibility index (Phi) is 4.76. The zero-order valence-corrected chi connectivity index (χ0v) is 14.4. The van der Waals surface area contributed by atoms with Gasteiger partial charge >= 0.3 is 0 Å². The van der Waals surface area contributed by atoms with E-state index < -0.39 is 0 Å². The van der Waals surface area contributed by atoms with Crippen molar-refractivity contribution >= 4 is 17.5 Å². The molecule has 1 N–H and O–H groups in total. The Morgan fingerprint density at radius 1 is 1.08 bits per heavy atom. The second kappa shape index (κ2) is 6.97. The standard InChI is InChI=1S/C18H23N5O/c1-13-6-4-5-7-15(13)20-18-19-14(2)12-16(21-18)17(24)23-10-8-22(3)9-11-23/h4-7,12H,8-11H2,1-3H3,(H,19,20,21). The SMILES string of the molecule is Cc1cc(C(=O)N2CCN(C)CC2)nc(Nc2ccccc2C)n1. The highest BCUT2D eigenvalue weighted by Crippen LogP contribution is 2.18. The monoisotopic (exact) mass is 325 g/mol. The van der Waals surface area contributed by atoms with Crippen LogP contribution in [0.5, 0.6) is 0 Å². The summed E-state index contributed by atoms with van der Waals surface area (Å²) in [5.41, 5.74) is 3.28. The summed E-state index contributed by atoms with van der Waals surface area (Å²) in [6, 6.07) is 9.70. The first-order chi connectivity index (χ1) is 11.5. The number of hydrogen-bond donors (Lipinski definition) is 1. The van der Waals surface area contributed by atoms with E-state index >= 15 is 0 Å². The average molecular weight is 325 g/mol. The van der Waals surface area contributed by atoms with E-state index in [0.29, 0.717) is 11.6 Å². The van der Waals surface area contributed by atoms with E-state index in [9.17, 15) is 4.79 Å². The van der Waals surface area contributed by atoms with Crippen LogP contribution in [0.25, 0.3) is 0 Å². The first-order valence-electron chi connectivity index (χ1n) is 8.19. The van der Waals surface area contributed by atoms with Crippen molar-refractivity contribution in [1.29, 1.82) is 0 Å². The number of rotatable bonds is 3. The number of para-hydroxylation sites is 1.